The molecule has 0 aliphatic carbocycles. The molecule has 1 amide bonds. The van der Waals surface area contributed by atoms with Crippen molar-refractivity contribution >= 4 is 5.91 Å². The molecule has 0 radical (unpaired) electrons. The molecule has 1 unspecified atom stereocenters. The van der Waals surface area contributed by atoms with Crippen LogP contribution in [-0.4, -0.2) is 46.4 Å². The maximum Gasteiger partial charge on any atom is 0.240 e. The van der Waals surface area contributed by atoms with Crippen molar-refractivity contribution < 1.29 is 9.21 Å². The molecule has 5 rings (SSSR count). The van der Waals surface area contributed by atoms with Gasteiger partial charge in [-0.15, -0.1) is 0 Å². The number of aromatic nitrogens is 1. The van der Waals surface area contributed by atoms with Crippen molar-refractivity contribution in [3.63, 3.8) is 0 Å². The van der Waals surface area contributed by atoms with E-state index < -0.39 is 0 Å². The predicted molar refractivity (Wildman–Crippen MR) is 91.5 cm³/mol. The SMILES string of the molecule is CC(C)CCc1nc2c(o1)CCN(C(=O)C1CC3CCN1CC3)C2. The fourth-order valence-electron chi connectivity index (χ4n) is 4.39. The first-order chi connectivity index (χ1) is 11.6. The second kappa shape index (κ2) is 6.51. The predicted octanol–water partition coefficient (Wildman–Crippen LogP) is 2.63. The van der Waals surface area contributed by atoms with Crippen molar-refractivity contribution in [2.75, 3.05) is 19.6 Å². The molecule has 5 nitrogen and oxygen atoms in total. The van der Waals surface area contributed by atoms with Gasteiger partial charge >= 0.3 is 0 Å². The minimum absolute atomic E-state index is 0.117. The number of hydrogen-bond acceptors (Lipinski definition) is 4. The number of oxazole rings is 1. The minimum Gasteiger partial charge on any atom is -0.445 e. The van der Waals surface area contributed by atoms with E-state index in [0.717, 1.165) is 68.6 Å². The Kier molecular flexibility index (Phi) is 4.37. The number of fused-ring (bicyclic) bond motifs is 4. The van der Waals surface area contributed by atoms with Crippen LogP contribution in [0.2, 0.25) is 0 Å². The number of amides is 1. The summed E-state index contributed by atoms with van der Waals surface area (Å²) in [7, 11) is 0. The van der Waals surface area contributed by atoms with E-state index in [2.05, 4.69) is 23.7 Å². The van der Waals surface area contributed by atoms with E-state index >= 15 is 0 Å². The van der Waals surface area contributed by atoms with Gasteiger partial charge < -0.3 is 9.32 Å². The fourth-order valence-corrected chi connectivity index (χ4v) is 4.39. The second-order valence-electron chi connectivity index (χ2n) is 8.15. The number of nitrogens with zero attached hydrogens (tertiary/aromatic N) is 3. The number of carbonyl (C=O) groups excluding carboxylic acids is 1. The van der Waals surface area contributed by atoms with Crippen molar-refractivity contribution in [2.45, 2.75) is 65.0 Å². The molecule has 0 N–H and O–H groups in total. The molecule has 3 saturated heterocycles. The monoisotopic (exact) mass is 331 g/mol. The van der Waals surface area contributed by atoms with Crippen LogP contribution in [0.15, 0.2) is 4.42 Å². The Labute approximate surface area is 144 Å². The summed E-state index contributed by atoms with van der Waals surface area (Å²) in [6.45, 7) is 8.05. The Morgan fingerprint density at radius 1 is 1.29 bits per heavy atom. The zero-order chi connectivity index (χ0) is 16.7. The minimum atomic E-state index is 0.117. The first-order valence-electron chi connectivity index (χ1n) is 9.60. The van der Waals surface area contributed by atoms with Gasteiger partial charge in [0.05, 0.1) is 12.6 Å². The number of hydrogen-bond donors (Lipinski definition) is 0. The van der Waals surface area contributed by atoms with Gasteiger partial charge in [-0.25, -0.2) is 4.98 Å². The Bertz CT molecular complexity index is 602. The van der Waals surface area contributed by atoms with Crippen LogP contribution >= 0.6 is 0 Å². The van der Waals surface area contributed by atoms with Crippen LogP contribution in [0.1, 0.15) is 56.9 Å². The molecular weight excluding hydrogens is 302 g/mol. The molecular formula is C19H29N3O2. The van der Waals surface area contributed by atoms with Crippen molar-refractivity contribution in [3.05, 3.63) is 17.3 Å². The Morgan fingerprint density at radius 3 is 2.75 bits per heavy atom. The van der Waals surface area contributed by atoms with Crippen molar-refractivity contribution in [1.82, 2.24) is 14.8 Å². The van der Waals surface area contributed by atoms with Crippen LogP contribution in [0.25, 0.3) is 0 Å². The molecule has 0 spiro atoms. The van der Waals surface area contributed by atoms with Gasteiger partial charge in [-0.2, -0.15) is 0 Å². The zero-order valence-corrected chi connectivity index (χ0v) is 15.0. The Hall–Kier alpha value is -1.36. The highest BCUT2D eigenvalue weighted by atomic mass is 16.4. The molecule has 1 aromatic heterocycles. The van der Waals surface area contributed by atoms with Gasteiger partial charge in [0.1, 0.15) is 11.5 Å². The quantitative estimate of drug-likeness (QED) is 0.851. The van der Waals surface area contributed by atoms with E-state index in [1.807, 2.05) is 4.90 Å². The third kappa shape index (κ3) is 3.10. The standard InChI is InChI=1S/C19H29N3O2/c1-13(2)3-4-18-20-15-12-22(10-7-17(15)24-18)19(23)16-11-14-5-8-21(16)9-6-14/h13-14,16H,3-12H2,1-2H3. The van der Waals surface area contributed by atoms with Gasteiger partial charge in [-0.1, -0.05) is 13.8 Å². The number of rotatable bonds is 4. The zero-order valence-electron chi connectivity index (χ0n) is 15.0. The third-order valence-corrected chi connectivity index (χ3v) is 5.95. The second-order valence-corrected chi connectivity index (χ2v) is 8.15. The summed E-state index contributed by atoms with van der Waals surface area (Å²) in [5.41, 5.74) is 0.990. The van der Waals surface area contributed by atoms with Crippen LogP contribution in [0.5, 0.6) is 0 Å². The molecule has 0 saturated carbocycles. The lowest BCUT2D eigenvalue weighted by atomic mass is 9.82. The van der Waals surface area contributed by atoms with Gasteiger partial charge in [0.25, 0.3) is 0 Å². The topological polar surface area (TPSA) is 49.6 Å². The van der Waals surface area contributed by atoms with E-state index in [0.29, 0.717) is 18.4 Å². The smallest absolute Gasteiger partial charge is 0.240 e. The summed E-state index contributed by atoms with van der Waals surface area (Å²) in [6.07, 6.45) is 6.41. The van der Waals surface area contributed by atoms with Crippen molar-refractivity contribution in [3.8, 4) is 0 Å². The molecule has 4 aliphatic heterocycles. The molecule has 5 heterocycles. The largest absolute Gasteiger partial charge is 0.445 e. The summed E-state index contributed by atoms with van der Waals surface area (Å²) >= 11 is 0. The lowest BCUT2D eigenvalue weighted by Gasteiger charge is -2.46. The van der Waals surface area contributed by atoms with Gasteiger partial charge in [0.15, 0.2) is 5.89 Å². The van der Waals surface area contributed by atoms with E-state index in [4.69, 9.17) is 4.42 Å². The third-order valence-electron chi connectivity index (χ3n) is 5.95. The highest BCUT2D eigenvalue weighted by Gasteiger charge is 2.40. The van der Waals surface area contributed by atoms with E-state index in [1.54, 1.807) is 0 Å². The normalized spacial score (nSPS) is 29.1. The van der Waals surface area contributed by atoms with E-state index in [-0.39, 0.29) is 6.04 Å². The highest BCUT2D eigenvalue weighted by Crippen LogP contribution is 2.33. The lowest BCUT2D eigenvalue weighted by Crippen LogP contribution is -2.56. The molecule has 0 aromatic carbocycles. The molecule has 3 fully saturated rings. The van der Waals surface area contributed by atoms with E-state index in [9.17, 15) is 4.79 Å². The molecule has 5 heteroatoms. The first kappa shape index (κ1) is 16.1. The van der Waals surface area contributed by atoms with Gasteiger partial charge in [0, 0.05) is 19.4 Å². The molecule has 24 heavy (non-hydrogen) atoms. The number of piperidine rings is 3. The van der Waals surface area contributed by atoms with Gasteiger partial charge in [0.2, 0.25) is 5.91 Å². The summed E-state index contributed by atoms with van der Waals surface area (Å²) < 4.78 is 5.92. The van der Waals surface area contributed by atoms with Crippen LogP contribution < -0.4 is 0 Å². The maximum atomic E-state index is 13.0. The number of aryl methyl sites for hydroxylation is 1. The van der Waals surface area contributed by atoms with E-state index in [1.165, 1.54) is 12.8 Å². The maximum absolute atomic E-state index is 13.0. The molecule has 132 valence electrons. The van der Waals surface area contributed by atoms with Gasteiger partial charge in [-0.05, 0) is 50.6 Å². The first-order valence-corrected chi connectivity index (χ1v) is 9.60. The van der Waals surface area contributed by atoms with Crippen LogP contribution in [0.4, 0.5) is 0 Å². The molecule has 4 aliphatic rings. The van der Waals surface area contributed by atoms with Crippen molar-refractivity contribution in [2.24, 2.45) is 11.8 Å². The number of carbonyl (C=O) groups is 1. The highest BCUT2D eigenvalue weighted by molar-refractivity contribution is 5.82. The molecule has 2 bridgehead atoms. The fraction of sp³-hybridized carbons (Fsp3) is 0.789. The van der Waals surface area contributed by atoms with Gasteiger partial charge in [-0.3, -0.25) is 9.69 Å². The van der Waals surface area contributed by atoms with Crippen LogP contribution in [0.3, 0.4) is 0 Å². The van der Waals surface area contributed by atoms with Crippen LogP contribution in [0, 0.1) is 11.8 Å². The lowest BCUT2D eigenvalue weighted by molar-refractivity contribution is -0.142. The average Bonchev–Trinajstić information content (AvgIpc) is 3.02. The summed E-state index contributed by atoms with van der Waals surface area (Å²) in [4.78, 5) is 22.1. The van der Waals surface area contributed by atoms with Crippen LogP contribution in [-0.2, 0) is 24.2 Å². The molecule has 1 atom stereocenters. The summed E-state index contributed by atoms with van der Waals surface area (Å²) in [5, 5.41) is 0. The summed E-state index contributed by atoms with van der Waals surface area (Å²) in [5.74, 6) is 3.59. The summed E-state index contributed by atoms with van der Waals surface area (Å²) in [6, 6.07) is 0.117. The van der Waals surface area contributed by atoms with Crippen molar-refractivity contribution in [1.29, 1.82) is 0 Å². The Balaban J connectivity index is 1.41. The Morgan fingerprint density at radius 2 is 2.08 bits per heavy atom. The molecule has 1 aromatic rings. The average molecular weight is 331 g/mol.